The van der Waals surface area contributed by atoms with Gasteiger partial charge in [0.25, 0.3) is 11.5 Å². The largest absolute Gasteiger partial charge is 0.325 e. The summed E-state index contributed by atoms with van der Waals surface area (Å²) in [5, 5.41) is 3.01. The number of hydrogen-bond donors (Lipinski definition) is 2. The van der Waals surface area contributed by atoms with Gasteiger partial charge >= 0.3 is 0 Å². The molecule has 0 aliphatic carbocycles. The van der Waals surface area contributed by atoms with Crippen molar-refractivity contribution < 1.29 is 9.18 Å². The minimum Gasteiger partial charge on any atom is -0.325 e. The molecule has 0 saturated heterocycles. The van der Waals surface area contributed by atoms with Gasteiger partial charge in [0.05, 0.1) is 0 Å². The van der Waals surface area contributed by atoms with Crippen LogP contribution in [0.15, 0.2) is 41.3 Å². The fourth-order valence-corrected chi connectivity index (χ4v) is 3.48. The summed E-state index contributed by atoms with van der Waals surface area (Å²) < 4.78 is 13.7. The van der Waals surface area contributed by atoms with Crippen molar-refractivity contribution >= 4 is 22.4 Å². The van der Waals surface area contributed by atoms with Gasteiger partial charge in [-0.1, -0.05) is 25.1 Å². The molecule has 0 radical (unpaired) electrons. The highest BCUT2D eigenvalue weighted by Gasteiger charge is 2.15. The number of benzene rings is 1. The van der Waals surface area contributed by atoms with Crippen LogP contribution >= 0.6 is 11.3 Å². The molecule has 0 saturated carbocycles. The normalized spacial score (nSPS) is 10.7. The maximum Gasteiger partial charge on any atom is 0.263 e. The zero-order chi connectivity index (χ0) is 18.7. The Morgan fingerprint density at radius 1 is 1.35 bits per heavy atom. The number of carbonyl (C=O) groups excluding carboxylic acids is 1. The number of nitrogens with one attached hydrogen (secondary N) is 2. The maximum absolute atomic E-state index is 13.7. The summed E-state index contributed by atoms with van der Waals surface area (Å²) in [6.07, 6.45) is 2.68. The lowest BCUT2D eigenvalue weighted by molar-refractivity contribution is 0.102. The highest BCUT2D eigenvalue weighted by Crippen LogP contribution is 2.22. The van der Waals surface area contributed by atoms with E-state index in [1.54, 1.807) is 30.5 Å². The van der Waals surface area contributed by atoms with E-state index in [-0.39, 0.29) is 11.4 Å². The van der Waals surface area contributed by atoms with E-state index < -0.39 is 11.5 Å². The van der Waals surface area contributed by atoms with Crippen molar-refractivity contribution in [1.29, 1.82) is 0 Å². The number of amides is 1. The van der Waals surface area contributed by atoms with E-state index in [9.17, 15) is 14.0 Å². The summed E-state index contributed by atoms with van der Waals surface area (Å²) >= 11 is 1.26. The Morgan fingerprint density at radius 2 is 2.12 bits per heavy atom. The molecular formula is C19H18FN3O2S. The van der Waals surface area contributed by atoms with Crippen LogP contribution in [0.2, 0.25) is 0 Å². The maximum atomic E-state index is 13.7. The number of pyridine rings is 1. The number of carbonyl (C=O) groups is 1. The molecule has 7 heteroatoms. The van der Waals surface area contributed by atoms with Crippen LogP contribution in [0.4, 0.5) is 9.52 Å². The first-order valence-electron chi connectivity index (χ1n) is 8.20. The number of anilines is 1. The van der Waals surface area contributed by atoms with Gasteiger partial charge in [0.15, 0.2) is 5.13 Å². The molecule has 3 aromatic rings. The number of rotatable bonds is 5. The minimum absolute atomic E-state index is 0.0468. The fraction of sp³-hybridized carbons (Fsp3) is 0.211. The molecule has 0 unspecified atom stereocenters. The van der Waals surface area contributed by atoms with Gasteiger partial charge in [0.2, 0.25) is 0 Å². The summed E-state index contributed by atoms with van der Waals surface area (Å²) in [5.74, 6) is -0.784. The van der Waals surface area contributed by atoms with E-state index in [1.807, 2.05) is 13.8 Å². The van der Waals surface area contributed by atoms with Crippen LogP contribution in [0.3, 0.4) is 0 Å². The lowest BCUT2D eigenvalue weighted by atomic mass is 10.1. The molecule has 3 rings (SSSR count). The lowest BCUT2D eigenvalue weighted by Crippen LogP contribution is -2.24. The van der Waals surface area contributed by atoms with Gasteiger partial charge in [-0.25, -0.2) is 9.37 Å². The van der Waals surface area contributed by atoms with Crippen LogP contribution < -0.4 is 10.9 Å². The fourth-order valence-electron chi connectivity index (χ4n) is 2.65. The Hall–Kier alpha value is -2.80. The molecule has 0 aliphatic heterocycles. The van der Waals surface area contributed by atoms with E-state index >= 15 is 0 Å². The Balaban J connectivity index is 1.75. The van der Waals surface area contributed by atoms with Crippen LogP contribution in [-0.2, 0) is 12.8 Å². The van der Waals surface area contributed by atoms with Crippen molar-refractivity contribution in [3.05, 3.63) is 80.0 Å². The van der Waals surface area contributed by atoms with Gasteiger partial charge in [0.1, 0.15) is 11.4 Å². The van der Waals surface area contributed by atoms with Crippen LogP contribution in [0.25, 0.3) is 0 Å². The second kappa shape index (κ2) is 7.61. The first-order chi connectivity index (χ1) is 12.5. The highest BCUT2D eigenvalue weighted by molar-refractivity contribution is 7.15. The molecule has 134 valence electrons. The zero-order valence-electron chi connectivity index (χ0n) is 14.4. The van der Waals surface area contributed by atoms with Crippen molar-refractivity contribution in [2.24, 2.45) is 0 Å². The van der Waals surface area contributed by atoms with Gasteiger partial charge in [-0.05, 0) is 36.6 Å². The van der Waals surface area contributed by atoms with Crippen LogP contribution in [0.5, 0.6) is 0 Å². The second-order valence-corrected chi connectivity index (χ2v) is 7.00. The van der Waals surface area contributed by atoms with Crippen molar-refractivity contribution in [2.45, 2.75) is 26.7 Å². The summed E-state index contributed by atoms with van der Waals surface area (Å²) in [7, 11) is 0. The molecule has 1 aromatic carbocycles. The molecular weight excluding hydrogens is 353 g/mol. The first-order valence-corrected chi connectivity index (χ1v) is 9.01. The Labute approximate surface area is 153 Å². The molecule has 0 atom stereocenters. The van der Waals surface area contributed by atoms with Crippen molar-refractivity contribution in [3.8, 4) is 0 Å². The lowest BCUT2D eigenvalue weighted by Gasteiger charge is -2.06. The summed E-state index contributed by atoms with van der Waals surface area (Å²) in [4.78, 5) is 32.2. The van der Waals surface area contributed by atoms with Gasteiger partial charge in [-0.15, -0.1) is 11.3 Å². The van der Waals surface area contributed by atoms with E-state index in [1.165, 1.54) is 17.4 Å². The van der Waals surface area contributed by atoms with Crippen LogP contribution in [-0.4, -0.2) is 15.9 Å². The second-order valence-electron chi connectivity index (χ2n) is 5.88. The first kappa shape index (κ1) is 18.0. The number of aromatic nitrogens is 2. The van der Waals surface area contributed by atoms with Gasteiger partial charge in [-0.3, -0.25) is 14.9 Å². The predicted octanol–water partition coefficient (Wildman–Crippen LogP) is 3.68. The molecule has 0 aliphatic rings. The topological polar surface area (TPSA) is 74.8 Å². The van der Waals surface area contributed by atoms with Crippen molar-refractivity contribution in [2.75, 3.05) is 5.32 Å². The number of H-pyrrole nitrogens is 1. The van der Waals surface area contributed by atoms with Gasteiger partial charge in [0, 0.05) is 23.2 Å². The van der Waals surface area contributed by atoms with E-state index in [4.69, 9.17) is 0 Å². The highest BCUT2D eigenvalue weighted by atomic mass is 32.1. The number of halogens is 1. The van der Waals surface area contributed by atoms with Crippen LogP contribution in [0.1, 0.15) is 39.0 Å². The average molecular weight is 371 g/mol. The number of aromatic amines is 1. The minimum atomic E-state index is -0.510. The van der Waals surface area contributed by atoms with Crippen molar-refractivity contribution in [1.82, 2.24) is 9.97 Å². The SMILES string of the molecule is CCc1[nH]c(=O)c(C(=O)Nc2ncc(Cc3ccccc3F)s2)cc1C. The molecule has 1 amide bonds. The molecule has 0 bridgehead atoms. The van der Waals surface area contributed by atoms with Crippen molar-refractivity contribution in [3.63, 3.8) is 0 Å². The Bertz CT molecular complexity index is 1010. The van der Waals surface area contributed by atoms with E-state index in [0.29, 0.717) is 23.5 Å². The number of nitrogens with zero attached hydrogens (tertiary/aromatic N) is 1. The smallest absolute Gasteiger partial charge is 0.263 e. The number of aryl methyl sites for hydroxylation is 2. The molecule has 2 heterocycles. The third-order valence-corrected chi connectivity index (χ3v) is 4.95. The average Bonchev–Trinajstić information content (AvgIpc) is 3.05. The van der Waals surface area contributed by atoms with Gasteiger partial charge < -0.3 is 4.98 Å². The molecule has 26 heavy (non-hydrogen) atoms. The predicted molar refractivity (Wildman–Crippen MR) is 100 cm³/mol. The Morgan fingerprint density at radius 3 is 2.85 bits per heavy atom. The van der Waals surface area contributed by atoms with E-state index in [0.717, 1.165) is 16.1 Å². The molecule has 2 aromatic heterocycles. The van der Waals surface area contributed by atoms with Crippen LogP contribution in [0, 0.1) is 12.7 Å². The van der Waals surface area contributed by atoms with Gasteiger partial charge in [-0.2, -0.15) is 0 Å². The third-order valence-electron chi connectivity index (χ3n) is 4.04. The molecule has 0 spiro atoms. The summed E-state index contributed by atoms with van der Waals surface area (Å²) in [6, 6.07) is 8.12. The Kier molecular flexibility index (Phi) is 5.27. The molecule has 5 nitrogen and oxygen atoms in total. The summed E-state index contributed by atoms with van der Waals surface area (Å²) in [6.45, 7) is 3.78. The standard InChI is InChI=1S/C19H18FN3O2S/c1-3-16-11(2)8-14(17(24)22-16)18(25)23-19-21-10-13(26-19)9-12-6-4-5-7-15(12)20/h4-8,10H,3,9H2,1-2H3,(H,22,24)(H,21,23,25). The molecule has 2 N–H and O–H groups in total. The quantitative estimate of drug-likeness (QED) is 0.718. The molecule has 0 fully saturated rings. The number of hydrogen-bond acceptors (Lipinski definition) is 4. The van der Waals surface area contributed by atoms with E-state index in [2.05, 4.69) is 15.3 Å². The third kappa shape index (κ3) is 3.88. The summed E-state index contributed by atoms with van der Waals surface area (Å²) in [5.41, 5.74) is 1.86. The zero-order valence-corrected chi connectivity index (χ0v) is 15.2. The number of thiazole rings is 1. The monoisotopic (exact) mass is 371 g/mol.